The van der Waals surface area contributed by atoms with Gasteiger partial charge in [0.05, 0.1) is 23.0 Å². The summed E-state index contributed by atoms with van der Waals surface area (Å²) in [6.45, 7) is 3.13. The van der Waals surface area contributed by atoms with Gasteiger partial charge in [0, 0.05) is 25.2 Å². The second kappa shape index (κ2) is 10.4. The average molecular weight is 472 g/mol. The molecule has 3 aromatic carbocycles. The monoisotopic (exact) mass is 471 g/mol. The van der Waals surface area contributed by atoms with E-state index in [1.807, 2.05) is 67.6 Å². The van der Waals surface area contributed by atoms with Crippen molar-refractivity contribution >= 4 is 0 Å². The predicted octanol–water partition coefficient (Wildman–Crippen LogP) is 5.68. The second-order valence-electron chi connectivity index (χ2n) is 9.18. The molecule has 6 heteroatoms. The maximum absolute atomic E-state index is 13.9. The number of halogens is 1. The zero-order chi connectivity index (χ0) is 24.2. The Morgan fingerprint density at radius 3 is 2.43 bits per heavy atom. The molecule has 180 valence electrons. The summed E-state index contributed by atoms with van der Waals surface area (Å²) in [5, 5.41) is 15.7. The van der Waals surface area contributed by atoms with Gasteiger partial charge in [-0.25, -0.2) is 9.07 Å². The van der Waals surface area contributed by atoms with Gasteiger partial charge in [-0.1, -0.05) is 54.6 Å². The van der Waals surface area contributed by atoms with Crippen LogP contribution in [0, 0.1) is 12.7 Å². The van der Waals surface area contributed by atoms with Crippen molar-refractivity contribution in [1.29, 1.82) is 0 Å². The van der Waals surface area contributed by atoms with Crippen LogP contribution in [0.25, 0.3) is 5.69 Å². The first-order chi connectivity index (χ1) is 17.1. The molecule has 1 saturated carbocycles. The third-order valence-electron chi connectivity index (χ3n) is 6.33. The lowest BCUT2D eigenvalue weighted by Gasteiger charge is -2.25. The maximum Gasteiger partial charge on any atom is 0.227 e. The highest BCUT2D eigenvalue weighted by Gasteiger charge is 2.32. The number of rotatable bonds is 10. The third-order valence-corrected chi connectivity index (χ3v) is 6.33. The van der Waals surface area contributed by atoms with Gasteiger partial charge in [0.25, 0.3) is 0 Å². The summed E-state index contributed by atoms with van der Waals surface area (Å²) < 4.78 is 22.0. The number of aryl methyl sites for hydroxylation is 1. The molecule has 0 amide bonds. The van der Waals surface area contributed by atoms with E-state index >= 15 is 0 Å². The van der Waals surface area contributed by atoms with E-state index < -0.39 is 6.10 Å². The van der Waals surface area contributed by atoms with E-state index in [9.17, 15) is 9.50 Å². The van der Waals surface area contributed by atoms with Crippen molar-refractivity contribution in [3.8, 4) is 17.3 Å². The predicted molar refractivity (Wildman–Crippen MR) is 134 cm³/mol. The van der Waals surface area contributed by atoms with Crippen molar-refractivity contribution in [1.82, 2.24) is 14.7 Å². The van der Waals surface area contributed by atoms with Crippen LogP contribution in [0.5, 0.6) is 11.6 Å². The number of ether oxygens (including phenoxy) is 1. The van der Waals surface area contributed by atoms with E-state index in [0.29, 0.717) is 37.2 Å². The number of aliphatic hydroxyl groups excluding tert-OH is 1. The highest BCUT2D eigenvalue weighted by molar-refractivity contribution is 5.43. The van der Waals surface area contributed by atoms with Crippen LogP contribution in [0.2, 0.25) is 0 Å². The molecule has 0 aliphatic heterocycles. The van der Waals surface area contributed by atoms with Crippen molar-refractivity contribution in [2.45, 2.75) is 44.9 Å². The van der Waals surface area contributed by atoms with Crippen molar-refractivity contribution in [3.05, 3.63) is 108 Å². The molecule has 1 unspecified atom stereocenters. The lowest BCUT2D eigenvalue weighted by Crippen LogP contribution is -2.35. The summed E-state index contributed by atoms with van der Waals surface area (Å²) in [6.07, 6.45) is 2.36. The number of para-hydroxylation sites is 1. The molecular formula is C29H30FN3O2. The molecule has 1 aliphatic carbocycles. The summed E-state index contributed by atoms with van der Waals surface area (Å²) in [6, 6.07) is 26.5. The van der Waals surface area contributed by atoms with Crippen molar-refractivity contribution in [3.63, 3.8) is 0 Å². The number of nitrogens with zero attached hydrogens (tertiary/aromatic N) is 3. The highest BCUT2D eigenvalue weighted by atomic mass is 19.1. The van der Waals surface area contributed by atoms with Gasteiger partial charge in [0.2, 0.25) is 5.88 Å². The van der Waals surface area contributed by atoms with Gasteiger partial charge in [0.1, 0.15) is 11.6 Å². The molecule has 0 spiro atoms. The zero-order valence-corrected chi connectivity index (χ0v) is 19.8. The summed E-state index contributed by atoms with van der Waals surface area (Å²) in [7, 11) is 0. The zero-order valence-electron chi connectivity index (χ0n) is 19.8. The summed E-state index contributed by atoms with van der Waals surface area (Å²) in [4.78, 5) is 2.32. The fourth-order valence-electron chi connectivity index (χ4n) is 4.42. The van der Waals surface area contributed by atoms with Gasteiger partial charge >= 0.3 is 0 Å². The molecule has 1 N–H and O–H groups in total. The summed E-state index contributed by atoms with van der Waals surface area (Å²) >= 11 is 0. The minimum Gasteiger partial charge on any atom is -0.438 e. The number of benzene rings is 3. The Morgan fingerprint density at radius 1 is 1.03 bits per heavy atom. The molecule has 35 heavy (non-hydrogen) atoms. The Labute approximate surface area is 205 Å². The van der Waals surface area contributed by atoms with E-state index in [1.165, 1.54) is 12.1 Å². The Morgan fingerprint density at radius 2 is 1.74 bits per heavy atom. The SMILES string of the molecule is Cc1nn(-c2ccccc2)c(Oc2cccc(F)c2)c1CN(CC(O)Cc1ccccc1)C1CC1. The molecule has 1 heterocycles. The second-order valence-corrected chi connectivity index (χ2v) is 9.18. The van der Waals surface area contributed by atoms with E-state index in [4.69, 9.17) is 9.84 Å². The van der Waals surface area contributed by atoms with Gasteiger partial charge < -0.3 is 9.84 Å². The van der Waals surface area contributed by atoms with Crippen LogP contribution in [0.15, 0.2) is 84.9 Å². The molecule has 5 nitrogen and oxygen atoms in total. The van der Waals surface area contributed by atoms with Gasteiger partial charge in [-0.05, 0) is 56.0 Å². The van der Waals surface area contributed by atoms with Crippen LogP contribution in [-0.4, -0.2) is 38.5 Å². The molecule has 1 aliphatic rings. The molecule has 1 atom stereocenters. The van der Waals surface area contributed by atoms with E-state index in [1.54, 1.807) is 16.8 Å². The first kappa shape index (κ1) is 23.3. The van der Waals surface area contributed by atoms with Crippen LogP contribution >= 0.6 is 0 Å². The molecule has 0 saturated heterocycles. The van der Waals surface area contributed by atoms with Gasteiger partial charge in [-0.3, -0.25) is 4.90 Å². The van der Waals surface area contributed by atoms with Gasteiger partial charge in [0.15, 0.2) is 0 Å². The van der Waals surface area contributed by atoms with Crippen LogP contribution in [0.1, 0.15) is 29.7 Å². The maximum atomic E-state index is 13.9. The van der Waals surface area contributed by atoms with Crippen molar-refractivity contribution < 1.29 is 14.2 Å². The average Bonchev–Trinajstić information content (AvgIpc) is 3.66. The first-order valence-electron chi connectivity index (χ1n) is 12.1. The Kier molecular flexibility index (Phi) is 6.93. The van der Waals surface area contributed by atoms with Crippen LogP contribution in [0.3, 0.4) is 0 Å². The smallest absolute Gasteiger partial charge is 0.227 e. The summed E-state index contributed by atoms with van der Waals surface area (Å²) in [5.41, 5.74) is 3.79. The standard InChI is InChI=1S/C29H30FN3O2/c1-21-28(20-32(24-15-16-24)19-26(34)17-22-9-4-2-5-10-22)29(35-27-14-8-11-23(30)18-27)33(31-21)25-12-6-3-7-13-25/h2-14,18,24,26,34H,15-17,19-20H2,1H3. The Bertz CT molecular complexity index is 1260. The normalized spacial score (nSPS) is 14.3. The van der Waals surface area contributed by atoms with Crippen LogP contribution in [0.4, 0.5) is 4.39 Å². The summed E-state index contributed by atoms with van der Waals surface area (Å²) in [5.74, 6) is 0.642. The number of hydrogen-bond donors (Lipinski definition) is 1. The number of aromatic nitrogens is 2. The third kappa shape index (κ3) is 5.78. The van der Waals surface area contributed by atoms with Gasteiger partial charge in [-0.15, -0.1) is 0 Å². The van der Waals surface area contributed by atoms with Crippen LogP contribution in [-0.2, 0) is 13.0 Å². The fraction of sp³-hybridized carbons (Fsp3) is 0.276. The highest BCUT2D eigenvalue weighted by Crippen LogP contribution is 2.35. The molecule has 1 aromatic heterocycles. The molecule has 0 radical (unpaired) electrons. The topological polar surface area (TPSA) is 50.5 Å². The Hall–Kier alpha value is -3.48. The minimum atomic E-state index is -0.477. The lowest BCUT2D eigenvalue weighted by atomic mass is 10.1. The number of aliphatic hydroxyl groups is 1. The molecule has 1 fully saturated rings. The van der Waals surface area contributed by atoms with Crippen molar-refractivity contribution in [2.75, 3.05) is 6.54 Å². The molecule has 4 aromatic rings. The minimum absolute atomic E-state index is 0.352. The quantitative estimate of drug-likeness (QED) is 0.323. The number of hydrogen-bond acceptors (Lipinski definition) is 4. The largest absolute Gasteiger partial charge is 0.438 e. The first-order valence-corrected chi connectivity index (χ1v) is 12.1. The molecule has 0 bridgehead atoms. The lowest BCUT2D eigenvalue weighted by molar-refractivity contribution is 0.103. The van der Waals surface area contributed by atoms with Gasteiger partial charge in [-0.2, -0.15) is 5.10 Å². The van der Waals surface area contributed by atoms with E-state index in [-0.39, 0.29) is 5.82 Å². The Balaban J connectivity index is 1.44. The van der Waals surface area contributed by atoms with Crippen LogP contribution < -0.4 is 4.74 Å². The molecular weight excluding hydrogens is 441 g/mol. The van der Waals surface area contributed by atoms with E-state index in [2.05, 4.69) is 4.90 Å². The van der Waals surface area contributed by atoms with Crippen molar-refractivity contribution in [2.24, 2.45) is 0 Å². The van der Waals surface area contributed by atoms with E-state index in [0.717, 1.165) is 35.3 Å². The fourth-order valence-corrected chi connectivity index (χ4v) is 4.42. The molecule has 5 rings (SSSR count).